The van der Waals surface area contributed by atoms with Crippen molar-refractivity contribution in [3.8, 4) is 5.75 Å². The largest absolute Gasteiger partial charge is 0.495 e. The van der Waals surface area contributed by atoms with Crippen LogP contribution in [0.3, 0.4) is 0 Å². The standard InChI is InChI=1S/C21H20FN3O2/c1-14-6-8-19(27-2)18(10-14)25-20-9-7-17(13-23-20)24-21(26)12-15-4-3-5-16(22)11-15/h3-11,13H,12H2,1-2H3,(H,23,25)(H,24,26). The molecule has 0 saturated carbocycles. The molecule has 3 aromatic rings. The molecule has 1 heterocycles. The zero-order valence-electron chi connectivity index (χ0n) is 15.1. The number of rotatable bonds is 6. The monoisotopic (exact) mass is 365 g/mol. The van der Waals surface area contributed by atoms with Crippen LogP contribution in [0, 0.1) is 12.7 Å². The highest BCUT2D eigenvalue weighted by Crippen LogP contribution is 2.28. The lowest BCUT2D eigenvalue weighted by Crippen LogP contribution is -2.14. The Bertz CT molecular complexity index is 942. The zero-order chi connectivity index (χ0) is 19.2. The summed E-state index contributed by atoms with van der Waals surface area (Å²) in [5.74, 6) is 0.754. The highest BCUT2D eigenvalue weighted by molar-refractivity contribution is 5.92. The van der Waals surface area contributed by atoms with Gasteiger partial charge in [0.05, 0.1) is 31.1 Å². The van der Waals surface area contributed by atoms with E-state index in [0.717, 1.165) is 17.0 Å². The van der Waals surface area contributed by atoms with Crippen LogP contribution < -0.4 is 15.4 Å². The number of amides is 1. The molecule has 0 spiro atoms. The van der Waals surface area contributed by atoms with E-state index in [4.69, 9.17) is 4.74 Å². The lowest BCUT2D eigenvalue weighted by Gasteiger charge is -2.12. The van der Waals surface area contributed by atoms with Gasteiger partial charge in [-0.05, 0) is 54.4 Å². The number of ether oxygens (including phenoxy) is 1. The van der Waals surface area contributed by atoms with Crippen LogP contribution in [0.25, 0.3) is 0 Å². The Morgan fingerprint density at radius 3 is 2.70 bits per heavy atom. The second kappa shape index (κ2) is 8.31. The molecule has 0 fully saturated rings. The van der Waals surface area contributed by atoms with Crippen molar-refractivity contribution in [3.63, 3.8) is 0 Å². The molecule has 1 amide bonds. The fourth-order valence-electron chi connectivity index (χ4n) is 2.64. The smallest absolute Gasteiger partial charge is 0.228 e. The molecule has 138 valence electrons. The number of nitrogens with zero attached hydrogens (tertiary/aromatic N) is 1. The minimum absolute atomic E-state index is 0.0955. The predicted molar refractivity (Wildman–Crippen MR) is 104 cm³/mol. The van der Waals surface area contributed by atoms with E-state index >= 15 is 0 Å². The average molecular weight is 365 g/mol. The summed E-state index contributed by atoms with van der Waals surface area (Å²) in [6.07, 6.45) is 1.66. The highest BCUT2D eigenvalue weighted by Gasteiger charge is 2.07. The number of anilines is 3. The minimum Gasteiger partial charge on any atom is -0.495 e. The SMILES string of the molecule is COc1ccc(C)cc1Nc1ccc(NC(=O)Cc2cccc(F)c2)cn1. The molecule has 0 radical (unpaired) electrons. The van der Waals surface area contributed by atoms with Gasteiger partial charge in [-0.3, -0.25) is 4.79 Å². The first-order chi connectivity index (χ1) is 13.0. The Hall–Kier alpha value is -3.41. The fraction of sp³-hybridized carbons (Fsp3) is 0.143. The molecule has 2 N–H and O–H groups in total. The number of hydrogen-bond acceptors (Lipinski definition) is 4. The van der Waals surface area contributed by atoms with Crippen molar-refractivity contribution in [3.05, 3.63) is 77.7 Å². The summed E-state index contributed by atoms with van der Waals surface area (Å²) in [5, 5.41) is 5.96. The Balaban J connectivity index is 1.63. The van der Waals surface area contributed by atoms with Gasteiger partial charge in [-0.15, -0.1) is 0 Å². The lowest BCUT2D eigenvalue weighted by molar-refractivity contribution is -0.115. The third kappa shape index (κ3) is 5.04. The number of methoxy groups -OCH3 is 1. The van der Waals surface area contributed by atoms with E-state index in [0.29, 0.717) is 17.1 Å². The molecule has 3 rings (SSSR count). The van der Waals surface area contributed by atoms with Crippen LogP contribution >= 0.6 is 0 Å². The summed E-state index contributed by atoms with van der Waals surface area (Å²) in [5.41, 5.74) is 3.09. The van der Waals surface area contributed by atoms with Gasteiger partial charge in [-0.1, -0.05) is 18.2 Å². The van der Waals surface area contributed by atoms with Crippen LogP contribution in [0.1, 0.15) is 11.1 Å². The van der Waals surface area contributed by atoms with Crippen molar-refractivity contribution >= 4 is 23.1 Å². The highest BCUT2D eigenvalue weighted by atomic mass is 19.1. The van der Waals surface area contributed by atoms with Gasteiger partial charge in [-0.25, -0.2) is 9.37 Å². The molecule has 5 nitrogen and oxygen atoms in total. The molecule has 0 atom stereocenters. The molecule has 0 aliphatic carbocycles. The van der Waals surface area contributed by atoms with E-state index in [1.165, 1.54) is 12.1 Å². The van der Waals surface area contributed by atoms with Crippen LogP contribution in [0.5, 0.6) is 5.75 Å². The first kappa shape index (κ1) is 18.4. The van der Waals surface area contributed by atoms with Crippen LogP contribution in [0.2, 0.25) is 0 Å². The Morgan fingerprint density at radius 2 is 2.00 bits per heavy atom. The normalized spacial score (nSPS) is 10.3. The molecule has 0 bridgehead atoms. The molecule has 0 aliphatic heterocycles. The van der Waals surface area contributed by atoms with E-state index in [2.05, 4.69) is 15.6 Å². The number of carbonyl (C=O) groups is 1. The molecule has 2 aromatic carbocycles. The van der Waals surface area contributed by atoms with Gasteiger partial charge in [-0.2, -0.15) is 0 Å². The van der Waals surface area contributed by atoms with Crippen molar-refractivity contribution in [1.82, 2.24) is 4.98 Å². The molecule has 1 aromatic heterocycles. The lowest BCUT2D eigenvalue weighted by atomic mass is 10.1. The quantitative estimate of drug-likeness (QED) is 0.677. The van der Waals surface area contributed by atoms with Gasteiger partial charge >= 0.3 is 0 Å². The van der Waals surface area contributed by atoms with Crippen molar-refractivity contribution in [2.75, 3.05) is 17.7 Å². The molecule has 27 heavy (non-hydrogen) atoms. The van der Waals surface area contributed by atoms with Crippen molar-refractivity contribution in [1.29, 1.82) is 0 Å². The molecule has 0 saturated heterocycles. The number of hydrogen-bond donors (Lipinski definition) is 2. The Kier molecular flexibility index (Phi) is 5.66. The average Bonchev–Trinajstić information content (AvgIpc) is 2.63. The molecule has 0 unspecified atom stereocenters. The minimum atomic E-state index is -0.357. The molecule has 6 heteroatoms. The number of pyridine rings is 1. The fourth-order valence-corrected chi connectivity index (χ4v) is 2.64. The second-order valence-corrected chi connectivity index (χ2v) is 6.12. The van der Waals surface area contributed by atoms with Crippen LogP contribution in [-0.2, 0) is 11.2 Å². The predicted octanol–water partition coefficient (Wildman–Crippen LogP) is 4.46. The number of aryl methyl sites for hydroxylation is 1. The first-order valence-electron chi connectivity index (χ1n) is 8.45. The van der Waals surface area contributed by atoms with Crippen LogP contribution in [-0.4, -0.2) is 18.0 Å². The van der Waals surface area contributed by atoms with Crippen LogP contribution in [0.15, 0.2) is 60.8 Å². The van der Waals surface area contributed by atoms with Gasteiger partial charge in [0.1, 0.15) is 17.4 Å². The van der Waals surface area contributed by atoms with Gasteiger partial charge in [0.25, 0.3) is 0 Å². The number of aromatic nitrogens is 1. The third-order valence-electron chi connectivity index (χ3n) is 3.92. The van der Waals surface area contributed by atoms with Gasteiger partial charge in [0.2, 0.25) is 5.91 Å². The Morgan fingerprint density at radius 1 is 1.15 bits per heavy atom. The number of benzene rings is 2. The van der Waals surface area contributed by atoms with Crippen molar-refractivity contribution in [2.45, 2.75) is 13.3 Å². The van der Waals surface area contributed by atoms with E-state index in [1.807, 2.05) is 25.1 Å². The maximum atomic E-state index is 13.2. The summed E-state index contributed by atoms with van der Waals surface area (Å²) in [4.78, 5) is 16.4. The Labute approximate surface area is 157 Å². The summed E-state index contributed by atoms with van der Waals surface area (Å²) in [6.45, 7) is 2.00. The molecule has 0 aliphatic rings. The van der Waals surface area contributed by atoms with Crippen molar-refractivity contribution < 1.29 is 13.9 Å². The summed E-state index contributed by atoms with van der Waals surface area (Å²) >= 11 is 0. The van der Waals surface area contributed by atoms with Gasteiger partial charge in [0, 0.05) is 0 Å². The van der Waals surface area contributed by atoms with Crippen molar-refractivity contribution in [2.24, 2.45) is 0 Å². The number of nitrogens with one attached hydrogen (secondary N) is 2. The second-order valence-electron chi connectivity index (χ2n) is 6.12. The zero-order valence-corrected chi connectivity index (χ0v) is 15.1. The topological polar surface area (TPSA) is 63.2 Å². The van der Waals surface area contributed by atoms with E-state index < -0.39 is 0 Å². The number of halogens is 1. The molecular formula is C21H20FN3O2. The first-order valence-corrected chi connectivity index (χ1v) is 8.45. The van der Waals surface area contributed by atoms with E-state index in [9.17, 15) is 9.18 Å². The summed E-state index contributed by atoms with van der Waals surface area (Å²) in [7, 11) is 1.61. The maximum Gasteiger partial charge on any atom is 0.228 e. The third-order valence-corrected chi connectivity index (χ3v) is 3.92. The number of carbonyl (C=O) groups excluding carboxylic acids is 1. The molecular weight excluding hydrogens is 345 g/mol. The van der Waals surface area contributed by atoms with E-state index in [1.54, 1.807) is 37.6 Å². The van der Waals surface area contributed by atoms with Crippen LogP contribution in [0.4, 0.5) is 21.6 Å². The van der Waals surface area contributed by atoms with Gasteiger partial charge < -0.3 is 15.4 Å². The maximum absolute atomic E-state index is 13.2. The summed E-state index contributed by atoms with van der Waals surface area (Å²) in [6, 6.07) is 15.3. The van der Waals surface area contributed by atoms with E-state index in [-0.39, 0.29) is 18.1 Å². The summed E-state index contributed by atoms with van der Waals surface area (Å²) < 4.78 is 18.5. The van der Waals surface area contributed by atoms with Gasteiger partial charge in [0.15, 0.2) is 0 Å².